The van der Waals surface area contributed by atoms with Crippen LogP contribution >= 0.6 is 23.2 Å². The molecule has 2 aromatic carbocycles. The predicted octanol–water partition coefficient (Wildman–Crippen LogP) is 4.17. The molecule has 0 saturated carbocycles. The second-order valence-corrected chi connectivity index (χ2v) is 5.29. The number of hydrogen-bond acceptors (Lipinski definition) is 3. The second kappa shape index (κ2) is 8.13. The molecule has 2 rings (SSSR count). The van der Waals surface area contributed by atoms with E-state index in [1.165, 1.54) is 5.56 Å². The Morgan fingerprint density at radius 2 is 1.81 bits per heavy atom. The molecule has 0 aliphatic carbocycles. The van der Waals surface area contributed by atoms with Gasteiger partial charge in [0, 0.05) is 11.6 Å². The van der Waals surface area contributed by atoms with Crippen LogP contribution in [0.2, 0.25) is 10.0 Å². The molecule has 0 aliphatic heterocycles. The van der Waals surface area contributed by atoms with Crippen molar-refractivity contribution in [2.24, 2.45) is 0 Å². The number of rotatable bonds is 7. The Kier molecular flexibility index (Phi) is 6.18. The largest absolute Gasteiger partial charge is 0.490 e. The molecule has 112 valence electrons. The number of halogens is 2. The molecule has 0 atom stereocenters. The van der Waals surface area contributed by atoms with Crippen molar-refractivity contribution in [2.45, 2.75) is 6.54 Å². The molecule has 5 heteroatoms. The van der Waals surface area contributed by atoms with E-state index in [-0.39, 0.29) is 0 Å². The lowest BCUT2D eigenvalue weighted by Gasteiger charge is -2.10. The maximum absolute atomic E-state index is 6.02. The summed E-state index contributed by atoms with van der Waals surface area (Å²) in [6.07, 6.45) is 0. The van der Waals surface area contributed by atoms with E-state index in [1.54, 1.807) is 18.2 Å². The minimum Gasteiger partial charge on any atom is -0.490 e. The predicted molar refractivity (Wildman–Crippen MR) is 86.7 cm³/mol. The highest BCUT2D eigenvalue weighted by molar-refractivity contribution is 6.35. The summed E-state index contributed by atoms with van der Waals surface area (Å²) >= 11 is 11.9. The van der Waals surface area contributed by atoms with Gasteiger partial charge in [0.2, 0.25) is 0 Å². The SMILES string of the molecule is CNCc1cccc(OCCOc2ccc(Cl)cc2Cl)c1. The van der Waals surface area contributed by atoms with Gasteiger partial charge in [0.05, 0.1) is 5.02 Å². The van der Waals surface area contributed by atoms with E-state index in [1.807, 2.05) is 31.3 Å². The van der Waals surface area contributed by atoms with Crippen molar-refractivity contribution in [3.8, 4) is 11.5 Å². The molecular weight excluding hydrogens is 309 g/mol. The van der Waals surface area contributed by atoms with Gasteiger partial charge in [-0.05, 0) is 42.9 Å². The van der Waals surface area contributed by atoms with Crippen LogP contribution < -0.4 is 14.8 Å². The van der Waals surface area contributed by atoms with Crippen LogP contribution in [-0.4, -0.2) is 20.3 Å². The van der Waals surface area contributed by atoms with Gasteiger partial charge in [0.15, 0.2) is 0 Å². The molecule has 1 N–H and O–H groups in total. The average Bonchev–Trinajstić information content (AvgIpc) is 2.46. The van der Waals surface area contributed by atoms with Gasteiger partial charge in [-0.15, -0.1) is 0 Å². The molecular formula is C16H17Cl2NO2. The van der Waals surface area contributed by atoms with Crippen molar-refractivity contribution in [1.29, 1.82) is 0 Å². The smallest absolute Gasteiger partial charge is 0.138 e. The van der Waals surface area contributed by atoms with Crippen molar-refractivity contribution in [3.05, 3.63) is 58.1 Å². The molecule has 0 radical (unpaired) electrons. The minimum absolute atomic E-state index is 0.414. The average molecular weight is 326 g/mol. The van der Waals surface area contributed by atoms with E-state index in [0.29, 0.717) is 29.0 Å². The van der Waals surface area contributed by atoms with Gasteiger partial charge in [0.25, 0.3) is 0 Å². The molecule has 0 fully saturated rings. The van der Waals surface area contributed by atoms with Crippen LogP contribution in [0.4, 0.5) is 0 Å². The van der Waals surface area contributed by atoms with Crippen molar-refractivity contribution in [3.63, 3.8) is 0 Å². The standard InChI is InChI=1S/C16H17Cl2NO2/c1-19-11-12-3-2-4-14(9-12)20-7-8-21-16-6-5-13(17)10-15(16)18/h2-6,9-10,19H,7-8,11H2,1H3. The van der Waals surface area contributed by atoms with Gasteiger partial charge < -0.3 is 14.8 Å². The van der Waals surface area contributed by atoms with E-state index < -0.39 is 0 Å². The van der Waals surface area contributed by atoms with Crippen molar-refractivity contribution in [2.75, 3.05) is 20.3 Å². The fraction of sp³-hybridized carbons (Fsp3) is 0.250. The van der Waals surface area contributed by atoms with Gasteiger partial charge in [-0.3, -0.25) is 0 Å². The molecule has 0 bridgehead atoms. The molecule has 0 spiro atoms. The third kappa shape index (κ3) is 5.12. The van der Waals surface area contributed by atoms with E-state index in [2.05, 4.69) is 5.32 Å². The van der Waals surface area contributed by atoms with Crippen LogP contribution in [0.25, 0.3) is 0 Å². The molecule has 3 nitrogen and oxygen atoms in total. The quantitative estimate of drug-likeness (QED) is 0.775. The van der Waals surface area contributed by atoms with Crippen molar-refractivity contribution < 1.29 is 9.47 Å². The third-order valence-corrected chi connectivity index (χ3v) is 3.31. The van der Waals surface area contributed by atoms with Gasteiger partial charge in [-0.25, -0.2) is 0 Å². The molecule has 0 amide bonds. The lowest BCUT2D eigenvalue weighted by atomic mass is 10.2. The minimum atomic E-state index is 0.414. The first-order chi connectivity index (χ1) is 10.2. The summed E-state index contributed by atoms with van der Waals surface area (Å²) in [6, 6.07) is 13.1. The zero-order valence-electron chi connectivity index (χ0n) is 11.7. The van der Waals surface area contributed by atoms with E-state index in [0.717, 1.165) is 12.3 Å². The van der Waals surface area contributed by atoms with E-state index in [4.69, 9.17) is 32.7 Å². The maximum atomic E-state index is 6.02. The highest BCUT2D eigenvalue weighted by atomic mass is 35.5. The molecule has 21 heavy (non-hydrogen) atoms. The van der Waals surface area contributed by atoms with Crippen LogP contribution in [-0.2, 0) is 6.54 Å². The first-order valence-electron chi connectivity index (χ1n) is 6.63. The zero-order chi connectivity index (χ0) is 15.1. The van der Waals surface area contributed by atoms with Crippen LogP contribution in [0, 0.1) is 0 Å². The highest BCUT2D eigenvalue weighted by Crippen LogP contribution is 2.27. The van der Waals surface area contributed by atoms with Crippen LogP contribution in [0.3, 0.4) is 0 Å². The summed E-state index contributed by atoms with van der Waals surface area (Å²) in [5, 5.41) is 4.19. The Hall–Kier alpha value is -1.42. The Morgan fingerprint density at radius 1 is 1.00 bits per heavy atom. The lowest BCUT2D eigenvalue weighted by Crippen LogP contribution is -2.10. The Labute approximate surface area is 134 Å². The highest BCUT2D eigenvalue weighted by Gasteiger charge is 2.02. The van der Waals surface area contributed by atoms with Gasteiger partial charge in [0.1, 0.15) is 24.7 Å². The Balaban J connectivity index is 1.80. The summed E-state index contributed by atoms with van der Waals surface area (Å²) in [4.78, 5) is 0. The first kappa shape index (κ1) is 16.0. The van der Waals surface area contributed by atoms with Gasteiger partial charge in [-0.2, -0.15) is 0 Å². The number of ether oxygens (including phenoxy) is 2. The monoisotopic (exact) mass is 325 g/mol. The summed E-state index contributed by atoms with van der Waals surface area (Å²) in [5.41, 5.74) is 1.18. The Morgan fingerprint density at radius 3 is 2.57 bits per heavy atom. The van der Waals surface area contributed by atoms with Crippen LogP contribution in [0.1, 0.15) is 5.56 Å². The van der Waals surface area contributed by atoms with Crippen molar-refractivity contribution in [1.82, 2.24) is 5.32 Å². The van der Waals surface area contributed by atoms with Crippen LogP contribution in [0.15, 0.2) is 42.5 Å². The number of benzene rings is 2. The summed E-state index contributed by atoms with van der Waals surface area (Å²) in [7, 11) is 1.91. The molecule has 0 aliphatic rings. The van der Waals surface area contributed by atoms with E-state index >= 15 is 0 Å². The zero-order valence-corrected chi connectivity index (χ0v) is 13.2. The fourth-order valence-electron chi connectivity index (χ4n) is 1.85. The number of hydrogen-bond donors (Lipinski definition) is 1. The molecule has 0 unspecified atom stereocenters. The summed E-state index contributed by atoms with van der Waals surface area (Å²) in [5.74, 6) is 1.43. The van der Waals surface area contributed by atoms with Gasteiger partial charge >= 0.3 is 0 Å². The fourth-order valence-corrected chi connectivity index (χ4v) is 2.32. The van der Waals surface area contributed by atoms with Crippen LogP contribution in [0.5, 0.6) is 11.5 Å². The number of nitrogens with one attached hydrogen (secondary N) is 1. The molecule has 0 heterocycles. The Bertz CT molecular complexity index is 590. The maximum Gasteiger partial charge on any atom is 0.138 e. The molecule has 0 saturated heterocycles. The first-order valence-corrected chi connectivity index (χ1v) is 7.39. The van der Waals surface area contributed by atoms with Gasteiger partial charge in [-0.1, -0.05) is 35.3 Å². The third-order valence-electron chi connectivity index (χ3n) is 2.78. The topological polar surface area (TPSA) is 30.5 Å². The van der Waals surface area contributed by atoms with Crippen molar-refractivity contribution >= 4 is 23.2 Å². The second-order valence-electron chi connectivity index (χ2n) is 4.45. The normalized spacial score (nSPS) is 10.4. The van der Waals surface area contributed by atoms with E-state index in [9.17, 15) is 0 Å². The summed E-state index contributed by atoms with van der Waals surface area (Å²) < 4.78 is 11.2. The lowest BCUT2D eigenvalue weighted by molar-refractivity contribution is 0.217. The molecule has 2 aromatic rings. The molecule has 0 aromatic heterocycles. The summed E-state index contributed by atoms with van der Waals surface area (Å²) in [6.45, 7) is 1.67.